The molecule has 2 aromatic heterocycles. The Morgan fingerprint density at radius 2 is 2.07 bits per heavy atom. The molecule has 1 saturated carbocycles. The third-order valence-corrected chi connectivity index (χ3v) is 4.88. The van der Waals surface area contributed by atoms with Gasteiger partial charge in [-0.25, -0.2) is 9.97 Å². The van der Waals surface area contributed by atoms with E-state index in [-0.39, 0.29) is 35.4 Å². The van der Waals surface area contributed by atoms with E-state index >= 15 is 0 Å². The summed E-state index contributed by atoms with van der Waals surface area (Å²) in [6.07, 6.45) is 7.84. The van der Waals surface area contributed by atoms with E-state index < -0.39 is 5.91 Å². The van der Waals surface area contributed by atoms with Gasteiger partial charge in [-0.15, -0.1) is 0 Å². The van der Waals surface area contributed by atoms with Gasteiger partial charge in [0, 0.05) is 25.3 Å². The highest BCUT2D eigenvalue weighted by Gasteiger charge is 2.33. The van der Waals surface area contributed by atoms with Crippen LogP contribution in [-0.4, -0.2) is 43.6 Å². The molecule has 1 fully saturated rings. The van der Waals surface area contributed by atoms with Crippen molar-refractivity contribution in [2.45, 2.75) is 31.8 Å². The summed E-state index contributed by atoms with van der Waals surface area (Å²) in [5.74, 6) is 0.116. The number of aromatic nitrogens is 4. The molecule has 3 atom stereocenters. The van der Waals surface area contributed by atoms with Crippen LogP contribution in [0.15, 0.2) is 31.2 Å². The normalized spacial score (nSPS) is 21.1. The molecule has 0 bridgehead atoms. The van der Waals surface area contributed by atoms with Crippen LogP contribution in [0.1, 0.15) is 30.3 Å². The van der Waals surface area contributed by atoms with Crippen LogP contribution in [0.25, 0.3) is 0 Å². The predicted octanol–water partition coefficient (Wildman–Crippen LogP) is 0.934. The number of anilines is 3. The lowest BCUT2D eigenvalue weighted by Gasteiger charge is -2.23. The Morgan fingerprint density at radius 1 is 1.32 bits per heavy atom. The molecule has 5 N–H and O–H groups in total. The molecule has 10 heteroatoms. The van der Waals surface area contributed by atoms with Gasteiger partial charge in [0.05, 0.1) is 18.1 Å². The highest BCUT2D eigenvalue weighted by Crippen LogP contribution is 2.29. The van der Waals surface area contributed by atoms with E-state index in [4.69, 9.17) is 5.73 Å². The fourth-order valence-corrected chi connectivity index (χ4v) is 3.35. The topological polar surface area (TPSA) is 140 Å². The van der Waals surface area contributed by atoms with E-state index in [1.807, 2.05) is 0 Å². The van der Waals surface area contributed by atoms with Crippen molar-refractivity contribution in [3.8, 4) is 0 Å². The van der Waals surface area contributed by atoms with Crippen molar-refractivity contribution < 1.29 is 9.59 Å². The SMILES string of the molecule is C=CC(=O)NC1CC[C@@H](Nc2cnc(C(N)=O)c(Nc3cnn(C)c3)n2)[C@H]1C. The number of primary amides is 1. The molecule has 0 spiro atoms. The molecule has 1 aliphatic carbocycles. The summed E-state index contributed by atoms with van der Waals surface area (Å²) in [5, 5.41) is 13.4. The first-order valence-electron chi connectivity index (χ1n) is 8.99. The first kappa shape index (κ1) is 19.3. The second kappa shape index (κ2) is 8.07. The zero-order valence-corrected chi connectivity index (χ0v) is 15.8. The summed E-state index contributed by atoms with van der Waals surface area (Å²) in [7, 11) is 1.78. The van der Waals surface area contributed by atoms with Crippen LogP contribution in [0.3, 0.4) is 0 Å². The van der Waals surface area contributed by atoms with Gasteiger partial charge in [-0.05, 0) is 24.8 Å². The minimum atomic E-state index is -0.674. The predicted molar refractivity (Wildman–Crippen MR) is 105 cm³/mol. The standard InChI is InChI=1S/C18H24N8O2/c1-4-15(27)24-13-6-5-12(10(13)2)23-14-8-20-16(17(19)28)18(25-14)22-11-7-21-26(3)9-11/h4,7-10,12-13H,1,5-6H2,2-3H3,(H2,19,28)(H,24,27)(H2,22,23,25)/t10-,12-,13?/m1/s1. The van der Waals surface area contributed by atoms with E-state index in [0.29, 0.717) is 11.5 Å². The van der Waals surface area contributed by atoms with Crippen molar-refractivity contribution >= 4 is 29.1 Å². The lowest BCUT2D eigenvalue weighted by Crippen LogP contribution is -2.39. The Morgan fingerprint density at radius 3 is 2.71 bits per heavy atom. The molecule has 0 radical (unpaired) electrons. The van der Waals surface area contributed by atoms with E-state index in [2.05, 4.69) is 44.5 Å². The van der Waals surface area contributed by atoms with Crippen LogP contribution in [-0.2, 0) is 11.8 Å². The lowest BCUT2D eigenvalue weighted by atomic mass is 10.0. The Balaban J connectivity index is 1.75. The summed E-state index contributed by atoms with van der Waals surface area (Å²) in [6, 6.07) is 0.170. The van der Waals surface area contributed by atoms with E-state index in [1.54, 1.807) is 24.1 Å². The van der Waals surface area contributed by atoms with Gasteiger partial charge in [0.1, 0.15) is 5.82 Å². The molecule has 0 saturated heterocycles. The molecule has 10 nitrogen and oxygen atoms in total. The fraction of sp³-hybridized carbons (Fsp3) is 0.389. The summed E-state index contributed by atoms with van der Waals surface area (Å²) in [4.78, 5) is 31.9. The molecule has 2 aromatic rings. The molecule has 28 heavy (non-hydrogen) atoms. The number of aryl methyl sites for hydroxylation is 1. The lowest BCUT2D eigenvalue weighted by molar-refractivity contribution is -0.117. The van der Waals surface area contributed by atoms with Crippen LogP contribution in [0.2, 0.25) is 0 Å². The number of carbonyl (C=O) groups is 2. The van der Waals surface area contributed by atoms with Crippen molar-refractivity contribution in [3.05, 3.63) is 36.9 Å². The van der Waals surface area contributed by atoms with Gasteiger partial charge in [0.2, 0.25) is 5.91 Å². The third-order valence-electron chi connectivity index (χ3n) is 4.88. The zero-order chi connectivity index (χ0) is 20.3. The van der Waals surface area contributed by atoms with Gasteiger partial charge < -0.3 is 21.7 Å². The van der Waals surface area contributed by atoms with Crippen molar-refractivity contribution in [1.29, 1.82) is 0 Å². The monoisotopic (exact) mass is 384 g/mol. The Bertz CT molecular complexity index is 893. The van der Waals surface area contributed by atoms with Gasteiger partial charge in [0.15, 0.2) is 11.5 Å². The van der Waals surface area contributed by atoms with Crippen LogP contribution in [0.5, 0.6) is 0 Å². The van der Waals surface area contributed by atoms with Crippen LogP contribution in [0, 0.1) is 5.92 Å². The minimum Gasteiger partial charge on any atom is -0.366 e. The smallest absolute Gasteiger partial charge is 0.271 e. The third kappa shape index (κ3) is 4.27. The fourth-order valence-electron chi connectivity index (χ4n) is 3.35. The number of nitrogens with two attached hydrogens (primary N) is 1. The Hall–Kier alpha value is -3.43. The Labute approximate surface area is 162 Å². The maximum atomic E-state index is 11.7. The summed E-state index contributed by atoms with van der Waals surface area (Å²) in [6.45, 7) is 5.55. The quantitative estimate of drug-likeness (QED) is 0.521. The molecule has 3 rings (SSSR count). The van der Waals surface area contributed by atoms with Crippen LogP contribution in [0.4, 0.5) is 17.3 Å². The van der Waals surface area contributed by atoms with E-state index in [1.165, 1.54) is 12.3 Å². The van der Waals surface area contributed by atoms with Gasteiger partial charge >= 0.3 is 0 Å². The summed E-state index contributed by atoms with van der Waals surface area (Å²) < 4.78 is 1.62. The zero-order valence-electron chi connectivity index (χ0n) is 15.8. The van der Waals surface area contributed by atoms with Gasteiger partial charge in [0.25, 0.3) is 5.91 Å². The summed E-state index contributed by atoms with van der Waals surface area (Å²) in [5.41, 5.74) is 6.13. The number of hydrogen-bond donors (Lipinski definition) is 4. The van der Waals surface area contributed by atoms with Gasteiger partial charge in [-0.3, -0.25) is 14.3 Å². The molecule has 148 valence electrons. The second-order valence-corrected chi connectivity index (χ2v) is 6.85. The van der Waals surface area contributed by atoms with Gasteiger partial charge in [-0.2, -0.15) is 5.10 Å². The van der Waals surface area contributed by atoms with Crippen molar-refractivity contribution in [1.82, 2.24) is 25.1 Å². The maximum Gasteiger partial charge on any atom is 0.271 e. The number of nitrogens with zero attached hydrogens (tertiary/aromatic N) is 4. The molecule has 2 amide bonds. The molecular formula is C18H24N8O2. The highest BCUT2D eigenvalue weighted by atomic mass is 16.2. The van der Waals surface area contributed by atoms with Gasteiger partial charge in [-0.1, -0.05) is 13.5 Å². The van der Waals surface area contributed by atoms with E-state index in [0.717, 1.165) is 12.8 Å². The largest absolute Gasteiger partial charge is 0.366 e. The molecule has 1 unspecified atom stereocenters. The molecule has 2 heterocycles. The second-order valence-electron chi connectivity index (χ2n) is 6.85. The molecule has 0 aromatic carbocycles. The average molecular weight is 384 g/mol. The average Bonchev–Trinajstić information content (AvgIpc) is 3.21. The van der Waals surface area contributed by atoms with Crippen LogP contribution >= 0.6 is 0 Å². The number of hydrogen-bond acceptors (Lipinski definition) is 7. The van der Waals surface area contributed by atoms with Crippen molar-refractivity contribution in [3.63, 3.8) is 0 Å². The highest BCUT2D eigenvalue weighted by molar-refractivity contribution is 5.96. The van der Waals surface area contributed by atoms with Crippen molar-refractivity contribution in [2.75, 3.05) is 10.6 Å². The van der Waals surface area contributed by atoms with Crippen LogP contribution < -0.4 is 21.7 Å². The minimum absolute atomic E-state index is 0.0463. The number of amides is 2. The Kier molecular flexibility index (Phi) is 5.57. The molecule has 0 aliphatic heterocycles. The first-order valence-corrected chi connectivity index (χ1v) is 8.99. The number of rotatable bonds is 7. The maximum absolute atomic E-state index is 11.7. The number of carbonyl (C=O) groups excluding carboxylic acids is 2. The first-order chi connectivity index (χ1) is 13.4. The van der Waals surface area contributed by atoms with Crippen molar-refractivity contribution in [2.24, 2.45) is 18.7 Å². The summed E-state index contributed by atoms with van der Waals surface area (Å²) >= 11 is 0. The van der Waals surface area contributed by atoms with E-state index in [9.17, 15) is 9.59 Å². The number of nitrogens with one attached hydrogen (secondary N) is 3. The molecular weight excluding hydrogens is 360 g/mol. The molecule has 1 aliphatic rings.